The molecule has 6 atom stereocenters. The SMILES string of the molecule is O=C(COC(=O)c1ccc(N2C(=O)[C@H]3[C@@H]4C=C[C@H]([C@H]5C[C@H]45)[C@@H]3C2=O)cc1)c1ccc(Cl)cc1. The van der Waals surface area contributed by atoms with Crippen molar-refractivity contribution in [3.05, 3.63) is 76.8 Å². The highest BCUT2D eigenvalue weighted by Crippen LogP contribution is 2.65. The molecular formula is C26H20ClNO5. The molecule has 5 aliphatic rings. The van der Waals surface area contributed by atoms with E-state index in [4.69, 9.17) is 16.3 Å². The van der Waals surface area contributed by atoms with Crippen molar-refractivity contribution in [1.82, 2.24) is 0 Å². The summed E-state index contributed by atoms with van der Waals surface area (Å²) in [4.78, 5) is 52.2. The molecule has 7 rings (SSSR count). The van der Waals surface area contributed by atoms with E-state index in [9.17, 15) is 19.2 Å². The van der Waals surface area contributed by atoms with E-state index in [1.807, 2.05) is 0 Å². The molecule has 2 amide bonds. The first-order valence-electron chi connectivity index (χ1n) is 11.1. The first-order chi connectivity index (χ1) is 15.9. The van der Waals surface area contributed by atoms with Crippen LogP contribution in [0.5, 0.6) is 0 Å². The Morgan fingerprint density at radius 1 is 0.848 bits per heavy atom. The topological polar surface area (TPSA) is 80.8 Å². The minimum atomic E-state index is -0.654. The maximum atomic E-state index is 13.2. The van der Waals surface area contributed by atoms with Gasteiger partial charge in [-0.3, -0.25) is 19.3 Å². The van der Waals surface area contributed by atoms with Crippen molar-refractivity contribution in [1.29, 1.82) is 0 Å². The fourth-order valence-corrected chi connectivity index (χ4v) is 6.02. The third-order valence-electron chi connectivity index (χ3n) is 7.52. The first kappa shape index (κ1) is 20.4. The predicted molar refractivity (Wildman–Crippen MR) is 120 cm³/mol. The van der Waals surface area contributed by atoms with Gasteiger partial charge in [0.15, 0.2) is 12.4 Å². The molecule has 2 saturated carbocycles. The number of hydrogen-bond donors (Lipinski definition) is 0. The molecule has 1 heterocycles. The van der Waals surface area contributed by atoms with Crippen LogP contribution in [-0.4, -0.2) is 30.2 Å². The van der Waals surface area contributed by atoms with Crippen molar-refractivity contribution in [2.45, 2.75) is 6.42 Å². The Hall–Kier alpha value is -3.25. The highest BCUT2D eigenvalue weighted by molar-refractivity contribution is 6.30. The molecule has 0 unspecified atom stereocenters. The maximum absolute atomic E-state index is 13.2. The zero-order valence-electron chi connectivity index (χ0n) is 17.5. The van der Waals surface area contributed by atoms with Crippen LogP contribution in [0.1, 0.15) is 27.1 Å². The Kier molecular flexibility index (Phi) is 4.56. The number of amides is 2. The third kappa shape index (κ3) is 3.16. The lowest BCUT2D eigenvalue weighted by Crippen LogP contribution is -2.40. The van der Waals surface area contributed by atoms with Gasteiger partial charge in [0.05, 0.1) is 23.1 Å². The van der Waals surface area contributed by atoms with Crippen LogP contribution in [0.2, 0.25) is 5.02 Å². The fraction of sp³-hybridized carbons (Fsp3) is 0.308. The standard InChI is InChI=1S/C26H20ClNO5/c27-15-5-1-13(2-6-15)21(29)12-33-26(32)14-3-7-16(8-4-14)28-24(30)22-17-9-10-18(20-11-19(17)20)23(22)25(28)31/h1-10,17-20,22-23H,11-12H2/t17-,18-,19-,20-,22+,23+/m1/s1. The van der Waals surface area contributed by atoms with Gasteiger partial charge in [-0.25, -0.2) is 4.79 Å². The molecule has 2 bridgehead atoms. The summed E-state index contributed by atoms with van der Waals surface area (Å²) in [7, 11) is 0. The third-order valence-corrected chi connectivity index (χ3v) is 7.78. The number of rotatable bonds is 5. The minimum Gasteiger partial charge on any atom is -0.454 e. The summed E-state index contributed by atoms with van der Waals surface area (Å²) >= 11 is 5.82. The van der Waals surface area contributed by atoms with E-state index in [1.165, 1.54) is 17.0 Å². The van der Waals surface area contributed by atoms with Crippen molar-refractivity contribution >= 4 is 40.9 Å². The van der Waals surface area contributed by atoms with Crippen LogP contribution >= 0.6 is 11.6 Å². The summed E-state index contributed by atoms with van der Waals surface area (Å²) < 4.78 is 5.14. The number of carbonyl (C=O) groups is 4. The van der Waals surface area contributed by atoms with E-state index in [0.717, 1.165) is 6.42 Å². The number of anilines is 1. The molecule has 4 aliphatic carbocycles. The average Bonchev–Trinajstić information content (AvgIpc) is 3.61. The van der Waals surface area contributed by atoms with E-state index < -0.39 is 12.6 Å². The molecule has 1 aliphatic heterocycles. The van der Waals surface area contributed by atoms with Gasteiger partial charge < -0.3 is 4.74 Å². The second kappa shape index (κ2) is 7.39. The normalized spacial score (nSPS) is 30.8. The van der Waals surface area contributed by atoms with Crippen LogP contribution in [0.15, 0.2) is 60.7 Å². The largest absolute Gasteiger partial charge is 0.454 e. The molecule has 2 aromatic carbocycles. The molecular weight excluding hydrogens is 442 g/mol. The number of carbonyl (C=O) groups excluding carboxylic acids is 4. The number of nitrogens with zero attached hydrogens (tertiary/aromatic N) is 1. The molecule has 0 spiro atoms. The molecule has 6 nitrogen and oxygen atoms in total. The lowest BCUT2D eigenvalue weighted by atomic mass is 9.63. The molecule has 0 aromatic heterocycles. The molecule has 166 valence electrons. The summed E-state index contributed by atoms with van der Waals surface area (Å²) in [5, 5.41) is 0.513. The molecule has 33 heavy (non-hydrogen) atoms. The highest BCUT2D eigenvalue weighted by Gasteiger charge is 2.67. The summed E-state index contributed by atoms with van der Waals surface area (Å²) in [6, 6.07) is 12.5. The fourth-order valence-electron chi connectivity index (χ4n) is 5.89. The monoisotopic (exact) mass is 461 g/mol. The Labute approximate surface area is 195 Å². The van der Waals surface area contributed by atoms with E-state index >= 15 is 0 Å². The van der Waals surface area contributed by atoms with Gasteiger partial charge in [-0.1, -0.05) is 23.8 Å². The van der Waals surface area contributed by atoms with Crippen LogP contribution in [0.25, 0.3) is 0 Å². The van der Waals surface area contributed by atoms with Gasteiger partial charge in [-0.2, -0.15) is 0 Å². The zero-order valence-corrected chi connectivity index (χ0v) is 18.3. The summed E-state index contributed by atoms with van der Waals surface area (Å²) in [5.41, 5.74) is 1.10. The number of imide groups is 1. The van der Waals surface area contributed by atoms with Crippen molar-refractivity contribution in [3.63, 3.8) is 0 Å². The van der Waals surface area contributed by atoms with Gasteiger partial charge in [0.25, 0.3) is 0 Å². The molecule has 1 saturated heterocycles. The lowest BCUT2D eigenvalue weighted by molar-refractivity contribution is -0.124. The van der Waals surface area contributed by atoms with E-state index in [-0.39, 0.29) is 46.8 Å². The van der Waals surface area contributed by atoms with Crippen LogP contribution < -0.4 is 4.90 Å². The van der Waals surface area contributed by atoms with Gasteiger partial charge in [0, 0.05) is 10.6 Å². The van der Waals surface area contributed by atoms with E-state index in [1.54, 1.807) is 36.4 Å². The average molecular weight is 462 g/mol. The van der Waals surface area contributed by atoms with Crippen LogP contribution in [0.3, 0.4) is 0 Å². The van der Waals surface area contributed by atoms with Crippen LogP contribution in [0.4, 0.5) is 5.69 Å². The van der Waals surface area contributed by atoms with E-state index in [2.05, 4.69) is 12.2 Å². The predicted octanol–water partition coefficient (Wildman–Crippen LogP) is 3.94. The van der Waals surface area contributed by atoms with Crippen molar-refractivity contribution in [3.8, 4) is 0 Å². The summed E-state index contributed by atoms with van der Waals surface area (Å²) in [6.45, 7) is -0.396. The maximum Gasteiger partial charge on any atom is 0.338 e. The molecule has 3 fully saturated rings. The second-order valence-electron chi connectivity index (χ2n) is 9.22. The first-order valence-corrected chi connectivity index (χ1v) is 11.4. The lowest BCUT2D eigenvalue weighted by Gasteiger charge is -2.37. The number of hydrogen-bond acceptors (Lipinski definition) is 5. The number of halogens is 1. The van der Waals surface area contributed by atoms with Gasteiger partial charge in [-0.15, -0.1) is 0 Å². The minimum absolute atomic E-state index is 0.140. The quantitative estimate of drug-likeness (QED) is 0.291. The number of Topliss-reactive ketones (excluding diaryl/α,β-unsaturated/α-hetero) is 1. The molecule has 2 aromatic rings. The van der Waals surface area contributed by atoms with Gasteiger partial charge in [-0.05, 0) is 78.6 Å². The van der Waals surface area contributed by atoms with Crippen molar-refractivity contribution in [2.24, 2.45) is 35.5 Å². The van der Waals surface area contributed by atoms with E-state index in [0.29, 0.717) is 28.1 Å². The van der Waals surface area contributed by atoms with Crippen LogP contribution in [0, 0.1) is 35.5 Å². The Balaban J connectivity index is 1.14. The van der Waals surface area contributed by atoms with Gasteiger partial charge in [0.1, 0.15) is 0 Å². The second-order valence-corrected chi connectivity index (χ2v) is 9.66. The molecule has 7 heteroatoms. The molecule has 0 N–H and O–H groups in total. The molecule has 0 radical (unpaired) electrons. The Bertz CT molecular complexity index is 1180. The van der Waals surface area contributed by atoms with Gasteiger partial charge >= 0.3 is 5.97 Å². The number of allylic oxidation sites excluding steroid dienone is 2. The number of ketones is 1. The smallest absolute Gasteiger partial charge is 0.338 e. The van der Waals surface area contributed by atoms with Gasteiger partial charge in [0.2, 0.25) is 11.8 Å². The summed E-state index contributed by atoms with van der Waals surface area (Å²) in [5.74, 6) is -0.376. The van der Waals surface area contributed by atoms with Crippen molar-refractivity contribution < 1.29 is 23.9 Å². The number of ether oxygens (including phenoxy) is 1. The summed E-state index contributed by atoms with van der Waals surface area (Å²) in [6.07, 6.45) is 5.39. The van der Waals surface area contributed by atoms with Crippen LogP contribution in [-0.2, 0) is 14.3 Å². The highest BCUT2D eigenvalue weighted by atomic mass is 35.5. The zero-order chi connectivity index (χ0) is 22.9. The Morgan fingerprint density at radius 3 is 1.97 bits per heavy atom. The van der Waals surface area contributed by atoms with Crippen molar-refractivity contribution in [2.75, 3.05) is 11.5 Å². The number of esters is 1. The number of benzene rings is 2. The Morgan fingerprint density at radius 2 is 1.39 bits per heavy atom.